The Morgan fingerprint density at radius 2 is 1.68 bits per heavy atom. The second-order valence-corrected chi connectivity index (χ2v) is 7.56. The van der Waals surface area contributed by atoms with Crippen molar-refractivity contribution in [3.8, 4) is 0 Å². The summed E-state index contributed by atoms with van der Waals surface area (Å²) in [5.41, 5.74) is 0.985. The third kappa shape index (κ3) is 3.42. The molecule has 1 atom stereocenters. The fraction of sp³-hybridized carbons (Fsp3) is 0.350. The van der Waals surface area contributed by atoms with Gasteiger partial charge in [0, 0.05) is 16.5 Å². The van der Waals surface area contributed by atoms with Crippen LogP contribution in [0, 0.1) is 0 Å². The molecule has 0 amide bonds. The molecule has 0 aliphatic carbocycles. The van der Waals surface area contributed by atoms with Crippen LogP contribution in [0.1, 0.15) is 31.2 Å². The first-order valence-electron chi connectivity index (χ1n) is 8.63. The molecule has 3 nitrogen and oxygen atoms in total. The van der Waals surface area contributed by atoms with Crippen LogP contribution in [0.5, 0.6) is 0 Å². The number of nitrogens with zero attached hydrogens (tertiary/aromatic N) is 2. The molecule has 1 N–H and O–H groups in total. The molecule has 132 valence electrons. The lowest BCUT2D eigenvalue weighted by Gasteiger charge is -2.29. The van der Waals surface area contributed by atoms with E-state index in [1.165, 1.54) is 25.1 Å². The Morgan fingerprint density at radius 1 is 0.960 bits per heavy atom. The summed E-state index contributed by atoms with van der Waals surface area (Å²) >= 11 is 3.51. The van der Waals surface area contributed by atoms with E-state index in [2.05, 4.69) is 37.5 Å². The van der Waals surface area contributed by atoms with E-state index in [9.17, 15) is 5.11 Å². The molecule has 2 heterocycles. The molecule has 0 fully saturated rings. The Hall–Kier alpha value is -1.17. The summed E-state index contributed by atoms with van der Waals surface area (Å²) in [5.74, 6) is 1.25. The van der Waals surface area contributed by atoms with E-state index in [-0.39, 0.29) is 17.0 Å². The van der Waals surface area contributed by atoms with Gasteiger partial charge in [-0.2, -0.15) is 4.90 Å². The number of anilines is 1. The Labute approximate surface area is 167 Å². The number of aliphatic hydroxyl groups is 1. The maximum absolute atomic E-state index is 11.7. The predicted octanol–water partition coefficient (Wildman–Crippen LogP) is 4.68. The zero-order chi connectivity index (χ0) is 16.6. The van der Waals surface area contributed by atoms with Crippen LogP contribution in [0.15, 0.2) is 59.1 Å². The van der Waals surface area contributed by atoms with Gasteiger partial charge in [-0.15, -0.1) is 17.0 Å². The maximum Gasteiger partial charge on any atom is 0.275 e. The van der Waals surface area contributed by atoms with Crippen molar-refractivity contribution < 1.29 is 9.68 Å². The predicted molar refractivity (Wildman–Crippen MR) is 111 cm³/mol. The van der Waals surface area contributed by atoms with Gasteiger partial charge in [0.1, 0.15) is 5.69 Å². The molecule has 1 unspecified atom stereocenters. The fourth-order valence-electron chi connectivity index (χ4n) is 3.90. The topological polar surface area (TPSA) is 26.5 Å². The van der Waals surface area contributed by atoms with Crippen molar-refractivity contribution in [1.82, 2.24) is 0 Å². The van der Waals surface area contributed by atoms with E-state index in [4.69, 9.17) is 0 Å². The normalized spacial score (nSPS) is 23.0. The smallest absolute Gasteiger partial charge is 0.275 e. The first-order valence-corrected chi connectivity index (χ1v) is 9.42. The van der Waals surface area contributed by atoms with Crippen LogP contribution in [-0.2, 0) is 5.72 Å². The Bertz CT molecular complexity index is 761. The van der Waals surface area contributed by atoms with Crippen molar-refractivity contribution in [2.45, 2.75) is 31.4 Å². The van der Waals surface area contributed by atoms with E-state index >= 15 is 0 Å². The van der Waals surface area contributed by atoms with Crippen molar-refractivity contribution in [2.24, 2.45) is 0 Å². The molecule has 2 aromatic carbocycles. The van der Waals surface area contributed by atoms with E-state index in [1.807, 2.05) is 42.5 Å². The number of benzene rings is 2. The number of amidine groups is 1. The molecule has 2 aliphatic heterocycles. The van der Waals surface area contributed by atoms with Crippen molar-refractivity contribution >= 4 is 44.4 Å². The molecule has 0 spiro atoms. The molecule has 0 radical (unpaired) electrons. The molecule has 2 aliphatic rings. The molecule has 0 aromatic heterocycles. The van der Waals surface area contributed by atoms with Gasteiger partial charge in [0.05, 0.1) is 6.54 Å². The van der Waals surface area contributed by atoms with Crippen molar-refractivity contribution in [3.63, 3.8) is 0 Å². The van der Waals surface area contributed by atoms with Gasteiger partial charge in [0.25, 0.3) is 11.6 Å². The third-order valence-corrected chi connectivity index (χ3v) is 5.58. The van der Waals surface area contributed by atoms with E-state index in [1.54, 1.807) is 0 Å². The highest BCUT2D eigenvalue weighted by Gasteiger charge is 2.53. The maximum atomic E-state index is 11.7. The van der Waals surface area contributed by atoms with Gasteiger partial charge in [0.15, 0.2) is 6.54 Å². The molecule has 0 saturated carbocycles. The average molecular weight is 467 g/mol. The zero-order valence-electron chi connectivity index (χ0n) is 14.1. The van der Waals surface area contributed by atoms with E-state index in [0.29, 0.717) is 6.54 Å². The van der Waals surface area contributed by atoms with E-state index in [0.717, 1.165) is 28.7 Å². The first-order chi connectivity index (χ1) is 11.7. The standard InChI is InChI=1S/C20H22BrN2O.BrH/c21-17-10-12-18(13-11-17)23-19-9-5-2-6-14-22(19)15-20(23,24)16-7-3-1-4-8-16;/h1,3-4,7-8,10-13,24H,2,5-6,9,14-15H2;1H/q+1;. The minimum atomic E-state index is -1.01. The van der Waals surface area contributed by atoms with Crippen LogP contribution in [0.25, 0.3) is 0 Å². The number of hydrogen-bond donors (Lipinski definition) is 1. The number of hydrogen-bond acceptors (Lipinski definition) is 2. The second-order valence-electron chi connectivity index (χ2n) is 6.64. The largest absolute Gasteiger partial charge is 0.346 e. The van der Waals surface area contributed by atoms with Crippen LogP contribution in [-0.4, -0.2) is 28.6 Å². The van der Waals surface area contributed by atoms with Gasteiger partial charge in [0.2, 0.25) is 0 Å². The SMILES string of the molecule is Br.OC1(c2ccccc2)C[N+]2=C(CCCCC2)N1c1ccc(Br)cc1. The summed E-state index contributed by atoms with van der Waals surface area (Å²) in [4.78, 5) is 2.15. The van der Waals surface area contributed by atoms with Gasteiger partial charge in [-0.05, 0) is 43.5 Å². The lowest BCUT2D eigenvalue weighted by molar-refractivity contribution is -0.534. The van der Waals surface area contributed by atoms with Crippen LogP contribution in [0.3, 0.4) is 0 Å². The van der Waals surface area contributed by atoms with Gasteiger partial charge in [-0.3, -0.25) is 4.58 Å². The minimum absolute atomic E-state index is 0. The summed E-state index contributed by atoms with van der Waals surface area (Å²) < 4.78 is 3.43. The minimum Gasteiger partial charge on any atom is -0.346 e. The van der Waals surface area contributed by atoms with Gasteiger partial charge < -0.3 is 5.11 Å². The molecular formula is C20H23Br2N2O+. The Kier molecular flexibility index (Phi) is 5.66. The van der Waals surface area contributed by atoms with E-state index < -0.39 is 5.72 Å². The highest BCUT2D eigenvalue weighted by molar-refractivity contribution is 9.10. The fourth-order valence-corrected chi connectivity index (χ4v) is 4.17. The lowest BCUT2D eigenvalue weighted by Crippen LogP contribution is -2.47. The van der Waals surface area contributed by atoms with Gasteiger partial charge >= 0.3 is 0 Å². The molecule has 4 rings (SSSR count). The summed E-state index contributed by atoms with van der Waals surface area (Å²) in [6.07, 6.45) is 4.66. The van der Waals surface area contributed by atoms with Crippen LogP contribution < -0.4 is 4.90 Å². The zero-order valence-corrected chi connectivity index (χ0v) is 17.4. The van der Waals surface area contributed by atoms with Gasteiger partial charge in [-0.25, -0.2) is 0 Å². The first kappa shape index (κ1) is 18.6. The number of halogens is 2. The average Bonchev–Trinajstić information content (AvgIpc) is 2.74. The molecule has 0 saturated heterocycles. The monoisotopic (exact) mass is 465 g/mol. The van der Waals surface area contributed by atoms with Crippen LogP contribution >= 0.6 is 32.9 Å². The summed E-state index contributed by atoms with van der Waals surface area (Å²) in [5, 5.41) is 11.7. The highest BCUT2D eigenvalue weighted by Crippen LogP contribution is 2.38. The summed E-state index contributed by atoms with van der Waals surface area (Å²) in [6, 6.07) is 18.3. The van der Waals surface area contributed by atoms with Crippen molar-refractivity contribution in [1.29, 1.82) is 0 Å². The highest BCUT2D eigenvalue weighted by atomic mass is 79.9. The van der Waals surface area contributed by atoms with Crippen LogP contribution in [0.4, 0.5) is 5.69 Å². The molecule has 25 heavy (non-hydrogen) atoms. The number of rotatable bonds is 2. The van der Waals surface area contributed by atoms with Gasteiger partial charge in [-0.1, -0.05) is 46.3 Å². The third-order valence-electron chi connectivity index (χ3n) is 5.05. The molecule has 2 aromatic rings. The molecule has 0 bridgehead atoms. The summed E-state index contributed by atoms with van der Waals surface area (Å²) in [6.45, 7) is 1.65. The molecule has 5 heteroatoms. The van der Waals surface area contributed by atoms with Crippen LogP contribution in [0.2, 0.25) is 0 Å². The van der Waals surface area contributed by atoms with Crippen molar-refractivity contribution in [3.05, 3.63) is 64.6 Å². The Balaban J connectivity index is 0.00000182. The quantitative estimate of drug-likeness (QED) is 0.650. The lowest BCUT2D eigenvalue weighted by atomic mass is 10.00. The molecular weight excluding hydrogens is 444 g/mol. The van der Waals surface area contributed by atoms with Crippen molar-refractivity contribution in [2.75, 3.05) is 18.0 Å². The summed E-state index contributed by atoms with van der Waals surface area (Å²) in [7, 11) is 0. The Morgan fingerprint density at radius 3 is 2.40 bits per heavy atom. The second kappa shape index (κ2) is 7.60.